The largest absolute Gasteiger partial charge is 0.414 e. The Kier molecular flexibility index (Phi) is 5.24. The lowest BCUT2D eigenvalue weighted by Gasteiger charge is -2.34. The van der Waals surface area contributed by atoms with Crippen LogP contribution in [-0.4, -0.2) is 64.8 Å². The molecule has 2 aromatic heterocycles. The van der Waals surface area contributed by atoms with Gasteiger partial charge in [-0.15, -0.1) is 10.2 Å². The topological polar surface area (TPSA) is 105 Å². The minimum atomic E-state index is -3.20. The Hall–Kier alpha value is -2.92. The molecule has 3 heterocycles. The van der Waals surface area contributed by atoms with Gasteiger partial charge in [0.05, 0.1) is 23.7 Å². The first kappa shape index (κ1) is 19.4. The molecule has 0 saturated carbocycles. The molecule has 0 spiro atoms. The number of piperazine rings is 1. The molecule has 0 N–H and O–H groups in total. The highest BCUT2D eigenvalue weighted by Crippen LogP contribution is 2.25. The molecule has 1 fully saturated rings. The molecule has 11 heteroatoms. The van der Waals surface area contributed by atoms with Crippen molar-refractivity contribution in [1.82, 2.24) is 24.5 Å². The van der Waals surface area contributed by atoms with E-state index in [1.807, 2.05) is 4.90 Å². The zero-order chi connectivity index (χ0) is 20.4. The minimum Gasteiger partial charge on any atom is -0.414 e. The van der Waals surface area contributed by atoms with Crippen LogP contribution in [0.4, 0.5) is 10.2 Å². The summed E-state index contributed by atoms with van der Waals surface area (Å²) in [7, 11) is -3.20. The summed E-state index contributed by atoms with van der Waals surface area (Å²) in [6, 6.07) is 6.13. The van der Waals surface area contributed by atoms with Gasteiger partial charge in [0.25, 0.3) is 11.8 Å². The summed E-state index contributed by atoms with van der Waals surface area (Å²) in [5, 5.41) is 7.85. The molecular weight excluding hydrogens is 399 g/mol. The molecule has 3 aromatic rings. The molecule has 0 bridgehead atoms. The van der Waals surface area contributed by atoms with Gasteiger partial charge in [0.2, 0.25) is 10.0 Å². The van der Waals surface area contributed by atoms with Gasteiger partial charge in [-0.2, -0.15) is 4.31 Å². The standard InChI is InChI=1S/C18H19FN6O3S/c1-2-29(26,27)25-9-7-24(8-10-25)16-12-20-11-15(21-16)18-23-22-17(28-18)13-5-3-4-6-14(13)19/h3-6,11-12H,2,7-10H2,1H3. The fraction of sp³-hybridized carbons (Fsp3) is 0.333. The highest BCUT2D eigenvalue weighted by molar-refractivity contribution is 7.89. The lowest BCUT2D eigenvalue weighted by Crippen LogP contribution is -2.49. The van der Waals surface area contributed by atoms with Gasteiger partial charge in [0, 0.05) is 26.2 Å². The van der Waals surface area contributed by atoms with E-state index in [9.17, 15) is 12.8 Å². The number of nitrogens with zero attached hydrogens (tertiary/aromatic N) is 6. The molecule has 152 valence electrons. The number of rotatable bonds is 5. The van der Waals surface area contributed by atoms with E-state index < -0.39 is 15.8 Å². The van der Waals surface area contributed by atoms with E-state index in [4.69, 9.17) is 4.42 Å². The van der Waals surface area contributed by atoms with Gasteiger partial charge >= 0.3 is 0 Å². The molecule has 0 atom stereocenters. The molecule has 1 aliphatic rings. The van der Waals surface area contributed by atoms with Crippen molar-refractivity contribution in [3.05, 3.63) is 42.5 Å². The molecule has 29 heavy (non-hydrogen) atoms. The van der Waals surface area contributed by atoms with E-state index in [0.29, 0.717) is 37.7 Å². The first-order valence-corrected chi connectivity index (χ1v) is 10.7. The summed E-state index contributed by atoms with van der Waals surface area (Å²) in [6.07, 6.45) is 3.08. The van der Waals surface area contributed by atoms with E-state index in [0.717, 1.165) is 0 Å². The molecule has 1 aliphatic heterocycles. The number of anilines is 1. The van der Waals surface area contributed by atoms with E-state index in [2.05, 4.69) is 20.2 Å². The predicted octanol–water partition coefficient (Wildman–Crippen LogP) is 1.80. The average Bonchev–Trinajstić information content (AvgIpc) is 3.24. The number of aromatic nitrogens is 4. The quantitative estimate of drug-likeness (QED) is 0.618. The predicted molar refractivity (Wildman–Crippen MR) is 104 cm³/mol. The average molecular weight is 418 g/mol. The second-order valence-corrected chi connectivity index (χ2v) is 8.70. The zero-order valence-electron chi connectivity index (χ0n) is 15.7. The van der Waals surface area contributed by atoms with E-state index in [1.54, 1.807) is 31.3 Å². The molecule has 0 unspecified atom stereocenters. The van der Waals surface area contributed by atoms with Crippen molar-refractivity contribution in [2.75, 3.05) is 36.8 Å². The van der Waals surface area contributed by atoms with Crippen molar-refractivity contribution < 1.29 is 17.2 Å². The Morgan fingerprint density at radius 1 is 1.07 bits per heavy atom. The van der Waals surface area contributed by atoms with E-state index in [-0.39, 0.29) is 23.1 Å². The molecule has 0 aliphatic carbocycles. The van der Waals surface area contributed by atoms with Crippen LogP contribution in [0.2, 0.25) is 0 Å². The van der Waals surface area contributed by atoms with Crippen LogP contribution in [-0.2, 0) is 10.0 Å². The number of benzene rings is 1. The first-order chi connectivity index (χ1) is 14.0. The van der Waals surface area contributed by atoms with Crippen LogP contribution in [0.15, 0.2) is 41.1 Å². The second kappa shape index (κ2) is 7.84. The molecule has 1 saturated heterocycles. The Bertz CT molecular complexity index is 1110. The normalized spacial score (nSPS) is 15.6. The summed E-state index contributed by atoms with van der Waals surface area (Å²) >= 11 is 0. The Morgan fingerprint density at radius 2 is 1.79 bits per heavy atom. The maximum atomic E-state index is 13.9. The molecule has 9 nitrogen and oxygen atoms in total. The van der Waals surface area contributed by atoms with Gasteiger partial charge in [-0.25, -0.2) is 17.8 Å². The van der Waals surface area contributed by atoms with Gasteiger partial charge < -0.3 is 9.32 Å². The fourth-order valence-electron chi connectivity index (χ4n) is 3.06. The highest BCUT2D eigenvalue weighted by atomic mass is 32.2. The molecule has 0 amide bonds. The van der Waals surface area contributed by atoms with Crippen molar-refractivity contribution >= 4 is 15.8 Å². The number of halogens is 1. The summed E-state index contributed by atoms with van der Waals surface area (Å²) in [5.41, 5.74) is 0.574. The van der Waals surface area contributed by atoms with Crippen LogP contribution in [0.3, 0.4) is 0 Å². The number of sulfonamides is 1. The van der Waals surface area contributed by atoms with Crippen LogP contribution < -0.4 is 4.90 Å². The number of hydrogen-bond donors (Lipinski definition) is 0. The minimum absolute atomic E-state index is 0.0590. The number of hydrogen-bond acceptors (Lipinski definition) is 8. The highest BCUT2D eigenvalue weighted by Gasteiger charge is 2.26. The van der Waals surface area contributed by atoms with Crippen LogP contribution in [0.25, 0.3) is 23.0 Å². The summed E-state index contributed by atoms with van der Waals surface area (Å²) in [6.45, 7) is 3.42. The Labute approximate surface area is 167 Å². The van der Waals surface area contributed by atoms with Crippen molar-refractivity contribution in [1.29, 1.82) is 0 Å². The van der Waals surface area contributed by atoms with Crippen molar-refractivity contribution in [2.24, 2.45) is 0 Å². The molecule has 4 rings (SSSR count). The van der Waals surface area contributed by atoms with Gasteiger partial charge in [-0.3, -0.25) is 4.98 Å². The van der Waals surface area contributed by atoms with Crippen molar-refractivity contribution in [3.63, 3.8) is 0 Å². The summed E-state index contributed by atoms with van der Waals surface area (Å²) in [4.78, 5) is 10.6. The third-order valence-corrected chi connectivity index (χ3v) is 6.57. The Morgan fingerprint density at radius 3 is 2.52 bits per heavy atom. The Balaban J connectivity index is 1.53. The van der Waals surface area contributed by atoms with E-state index in [1.165, 1.54) is 16.6 Å². The summed E-state index contributed by atoms with van der Waals surface area (Å²) in [5.74, 6) is 0.404. The third kappa shape index (κ3) is 3.96. The lowest BCUT2D eigenvalue weighted by molar-refractivity contribution is 0.384. The van der Waals surface area contributed by atoms with E-state index >= 15 is 0 Å². The second-order valence-electron chi connectivity index (χ2n) is 6.44. The smallest absolute Gasteiger partial charge is 0.268 e. The van der Waals surface area contributed by atoms with Crippen LogP contribution >= 0.6 is 0 Å². The maximum absolute atomic E-state index is 13.9. The van der Waals surface area contributed by atoms with Crippen molar-refractivity contribution in [3.8, 4) is 23.0 Å². The fourth-order valence-corrected chi connectivity index (χ4v) is 4.14. The van der Waals surface area contributed by atoms with Crippen LogP contribution in [0, 0.1) is 5.82 Å². The SMILES string of the molecule is CCS(=O)(=O)N1CCN(c2cncc(-c3nnc(-c4ccccc4F)o3)n2)CC1. The van der Waals surface area contributed by atoms with Gasteiger partial charge in [-0.05, 0) is 19.1 Å². The lowest BCUT2D eigenvalue weighted by atomic mass is 10.2. The zero-order valence-corrected chi connectivity index (χ0v) is 16.5. The molecule has 1 aromatic carbocycles. The van der Waals surface area contributed by atoms with Gasteiger partial charge in [0.15, 0.2) is 0 Å². The molecular formula is C18H19FN6O3S. The maximum Gasteiger partial charge on any atom is 0.268 e. The monoisotopic (exact) mass is 418 g/mol. The first-order valence-electron chi connectivity index (χ1n) is 9.11. The van der Waals surface area contributed by atoms with Crippen LogP contribution in [0.5, 0.6) is 0 Å². The molecule has 0 radical (unpaired) electrons. The summed E-state index contributed by atoms with van der Waals surface area (Å²) < 4.78 is 45.0. The van der Waals surface area contributed by atoms with Gasteiger partial charge in [0.1, 0.15) is 17.3 Å². The third-order valence-electron chi connectivity index (χ3n) is 4.69. The van der Waals surface area contributed by atoms with Crippen molar-refractivity contribution in [2.45, 2.75) is 6.92 Å². The van der Waals surface area contributed by atoms with Gasteiger partial charge in [-0.1, -0.05) is 12.1 Å². The van der Waals surface area contributed by atoms with Crippen LogP contribution in [0.1, 0.15) is 6.92 Å².